The Morgan fingerprint density at radius 3 is 2.36 bits per heavy atom. The first-order chi connectivity index (χ1) is 6.55. The minimum Gasteiger partial charge on any atom is -0.396 e. The topological polar surface area (TPSA) is 29.5 Å². The fourth-order valence-electron chi connectivity index (χ4n) is 3.15. The van der Waals surface area contributed by atoms with E-state index in [1.807, 2.05) is 0 Å². The molecule has 0 unspecified atom stereocenters. The first kappa shape index (κ1) is 10.4. The molecule has 0 aromatic rings. The van der Waals surface area contributed by atoms with E-state index in [1.165, 1.54) is 32.1 Å². The number of aliphatic hydroxyl groups excluding tert-OH is 1. The average Bonchev–Trinajstić information content (AvgIpc) is 2.44. The molecule has 1 saturated heterocycles. The normalized spacial score (nSPS) is 41.8. The molecule has 2 nitrogen and oxygen atoms in total. The number of hydrogen-bond acceptors (Lipinski definition) is 2. The number of hydrogen-bond donors (Lipinski definition) is 1. The largest absolute Gasteiger partial charge is 0.396 e. The van der Waals surface area contributed by atoms with Crippen LogP contribution in [0.3, 0.4) is 0 Å². The van der Waals surface area contributed by atoms with Gasteiger partial charge in [0.05, 0.1) is 12.2 Å². The van der Waals surface area contributed by atoms with E-state index in [-0.39, 0.29) is 5.60 Å². The van der Waals surface area contributed by atoms with Crippen LogP contribution in [0.15, 0.2) is 0 Å². The van der Waals surface area contributed by atoms with Gasteiger partial charge < -0.3 is 9.84 Å². The van der Waals surface area contributed by atoms with Crippen molar-refractivity contribution in [3.63, 3.8) is 0 Å². The van der Waals surface area contributed by atoms with Gasteiger partial charge in [0.25, 0.3) is 0 Å². The maximum atomic E-state index is 9.09. The summed E-state index contributed by atoms with van der Waals surface area (Å²) in [5, 5.41) is 9.09. The lowest BCUT2D eigenvalue weighted by Gasteiger charge is -2.36. The molecule has 2 fully saturated rings. The standard InChI is InChI=1S/C12H22O2/c1-11(2)8-12(9-14-11)5-3-10(7-13)4-6-12/h10,13H,3-9H2,1-2H3/t10-,12+. The predicted molar refractivity (Wildman–Crippen MR) is 56.1 cm³/mol. The van der Waals surface area contributed by atoms with Crippen LogP contribution >= 0.6 is 0 Å². The molecule has 14 heavy (non-hydrogen) atoms. The van der Waals surface area contributed by atoms with E-state index in [0.29, 0.717) is 17.9 Å². The minimum atomic E-state index is 0.0893. The second kappa shape index (κ2) is 3.49. The van der Waals surface area contributed by atoms with Crippen molar-refractivity contribution in [3.05, 3.63) is 0 Å². The van der Waals surface area contributed by atoms with E-state index < -0.39 is 0 Å². The third-order valence-corrected chi connectivity index (χ3v) is 3.99. The summed E-state index contributed by atoms with van der Waals surface area (Å²) in [5.74, 6) is 0.560. The molecule has 0 aromatic carbocycles. The van der Waals surface area contributed by atoms with E-state index in [0.717, 1.165) is 6.61 Å². The van der Waals surface area contributed by atoms with Crippen molar-refractivity contribution in [2.45, 2.75) is 51.6 Å². The Kier molecular flexibility index (Phi) is 2.61. The Morgan fingerprint density at radius 2 is 1.93 bits per heavy atom. The average molecular weight is 198 g/mol. The van der Waals surface area contributed by atoms with Crippen molar-refractivity contribution in [1.29, 1.82) is 0 Å². The van der Waals surface area contributed by atoms with Crippen LogP contribution in [-0.4, -0.2) is 23.9 Å². The highest BCUT2D eigenvalue weighted by atomic mass is 16.5. The lowest BCUT2D eigenvalue weighted by Crippen LogP contribution is -2.30. The zero-order chi connectivity index (χ0) is 10.2. The fourth-order valence-corrected chi connectivity index (χ4v) is 3.15. The molecule has 0 amide bonds. The molecule has 2 aliphatic rings. The molecule has 0 atom stereocenters. The monoisotopic (exact) mass is 198 g/mol. The van der Waals surface area contributed by atoms with Gasteiger partial charge in [0.2, 0.25) is 0 Å². The summed E-state index contributed by atoms with van der Waals surface area (Å²) in [6.45, 7) is 5.71. The lowest BCUT2D eigenvalue weighted by molar-refractivity contribution is 0.0256. The Balaban J connectivity index is 1.94. The quantitative estimate of drug-likeness (QED) is 0.701. The van der Waals surface area contributed by atoms with Crippen LogP contribution in [-0.2, 0) is 4.74 Å². The van der Waals surface area contributed by atoms with Crippen molar-refractivity contribution < 1.29 is 9.84 Å². The summed E-state index contributed by atoms with van der Waals surface area (Å²) in [6.07, 6.45) is 6.09. The Bertz CT molecular complexity index is 202. The van der Waals surface area contributed by atoms with Crippen LogP contribution < -0.4 is 0 Å². The maximum absolute atomic E-state index is 9.09. The number of rotatable bonds is 1. The zero-order valence-electron chi connectivity index (χ0n) is 9.38. The maximum Gasteiger partial charge on any atom is 0.0632 e. The predicted octanol–water partition coefficient (Wildman–Crippen LogP) is 2.35. The summed E-state index contributed by atoms with van der Waals surface area (Å²) >= 11 is 0. The van der Waals surface area contributed by atoms with Crippen LogP contribution in [0.5, 0.6) is 0 Å². The third-order valence-electron chi connectivity index (χ3n) is 3.99. The molecular formula is C12H22O2. The van der Waals surface area contributed by atoms with Crippen molar-refractivity contribution in [1.82, 2.24) is 0 Å². The molecule has 0 aromatic heterocycles. The van der Waals surface area contributed by atoms with Gasteiger partial charge in [-0.05, 0) is 57.3 Å². The Labute approximate surface area is 86.6 Å². The van der Waals surface area contributed by atoms with Crippen molar-refractivity contribution in [2.24, 2.45) is 11.3 Å². The SMILES string of the molecule is CC1(C)C[C@]2(CC[C@H](CO)CC2)CO1. The second-order valence-corrected chi connectivity index (χ2v) is 5.85. The van der Waals surface area contributed by atoms with Crippen molar-refractivity contribution >= 4 is 0 Å². The van der Waals surface area contributed by atoms with Crippen LogP contribution in [0.4, 0.5) is 0 Å². The summed E-state index contributed by atoms with van der Waals surface area (Å²) < 4.78 is 5.84. The summed E-state index contributed by atoms with van der Waals surface area (Å²) in [4.78, 5) is 0. The zero-order valence-corrected chi connectivity index (χ0v) is 9.38. The molecular weight excluding hydrogens is 176 g/mol. The van der Waals surface area contributed by atoms with E-state index in [1.54, 1.807) is 0 Å². The number of aliphatic hydroxyl groups is 1. The van der Waals surface area contributed by atoms with E-state index >= 15 is 0 Å². The molecule has 0 radical (unpaired) electrons. The van der Waals surface area contributed by atoms with Crippen molar-refractivity contribution in [2.75, 3.05) is 13.2 Å². The Hall–Kier alpha value is -0.0800. The third kappa shape index (κ3) is 1.96. The van der Waals surface area contributed by atoms with Gasteiger partial charge in [-0.3, -0.25) is 0 Å². The van der Waals surface area contributed by atoms with Gasteiger partial charge >= 0.3 is 0 Å². The van der Waals surface area contributed by atoms with Crippen LogP contribution in [0.2, 0.25) is 0 Å². The molecule has 1 aliphatic carbocycles. The van der Waals surface area contributed by atoms with Gasteiger partial charge in [0, 0.05) is 6.61 Å². The van der Waals surface area contributed by atoms with Gasteiger partial charge in [0.15, 0.2) is 0 Å². The molecule has 0 bridgehead atoms. The molecule has 82 valence electrons. The van der Waals surface area contributed by atoms with Gasteiger partial charge in [-0.1, -0.05) is 0 Å². The van der Waals surface area contributed by atoms with Gasteiger partial charge in [0.1, 0.15) is 0 Å². The summed E-state index contributed by atoms with van der Waals surface area (Å²) in [6, 6.07) is 0. The molecule has 1 aliphatic heterocycles. The molecule has 1 heterocycles. The van der Waals surface area contributed by atoms with E-state index in [4.69, 9.17) is 9.84 Å². The highest BCUT2D eigenvalue weighted by Crippen LogP contribution is 2.49. The first-order valence-corrected chi connectivity index (χ1v) is 5.80. The van der Waals surface area contributed by atoms with Crippen molar-refractivity contribution in [3.8, 4) is 0 Å². The van der Waals surface area contributed by atoms with Gasteiger partial charge in [-0.15, -0.1) is 0 Å². The molecule has 1 spiro atoms. The lowest BCUT2D eigenvalue weighted by atomic mass is 9.68. The minimum absolute atomic E-state index is 0.0893. The molecule has 1 N–H and O–H groups in total. The van der Waals surface area contributed by atoms with Crippen LogP contribution in [0.25, 0.3) is 0 Å². The summed E-state index contributed by atoms with van der Waals surface area (Å²) in [7, 11) is 0. The van der Waals surface area contributed by atoms with Gasteiger partial charge in [-0.25, -0.2) is 0 Å². The smallest absolute Gasteiger partial charge is 0.0632 e. The fraction of sp³-hybridized carbons (Fsp3) is 1.00. The Morgan fingerprint density at radius 1 is 1.29 bits per heavy atom. The van der Waals surface area contributed by atoms with E-state index in [9.17, 15) is 0 Å². The highest BCUT2D eigenvalue weighted by molar-refractivity contribution is 4.95. The van der Waals surface area contributed by atoms with Crippen LogP contribution in [0, 0.1) is 11.3 Å². The van der Waals surface area contributed by atoms with Gasteiger partial charge in [-0.2, -0.15) is 0 Å². The summed E-state index contributed by atoms with van der Waals surface area (Å²) in [5.41, 5.74) is 0.543. The van der Waals surface area contributed by atoms with Crippen LogP contribution in [0.1, 0.15) is 46.0 Å². The molecule has 2 rings (SSSR count). The second-order valence-electron chi connectivity index (χ2n) is 5.85. The van der Waals surface area contributed by atoms with E-state index in [2.05, 4.69) is 13.8 Å². The molecule has 2 heteroatoms. The number of ether oxygens (including phenoxy) is 1. The molecule has 1 saturated carbocycles. The highest BCUT2D eigenvalue weighted by Gasteiger charge is 2.45. The first-order valence-electron chi connectivity index (χ1n) is 5.80.